The molecule has 32 heavy (non-hydrogen) atoms. The Morgan fingerprint density at radius 2 is 1.81 bits per heavy atom. The topological polar surface area (TPSA) is 250 Å². The number of fused-ring (bicyclic) bond motifs is 1. The molecule has 0 aromatic carbocycles. The van der Waals surface area contributed by atoms with E-state index in [9.17, 15) is 28.5 Å². The molecule has 3 rings (SSSR count). The lowest BCUT2D eigenvalue weighted by Crippen LogP contribution is -2.46. The molecule has 0 amide bonds. The average Bonchev–Trinajstić information content (AvgIpc) is 3.00. The normalized spacial score (nSPS) is 35.0. The predicted molar refractivity (Wildman–Crippen MR) is 95.1 cm³/mol. The van der Waals surface area contributed by atoms with Crippen molar-refractivity contribution in [1.29, 1.82) is 0 Å². The van der Waals surface area contributed by atoms with E-state index in [0.29, 0.717) is 0 Å². The van der Waals surface area contributed by atoms with Gasteiger partial charge in [-0.2, -0.15) is 22.4 Å². The van der Waals surface area contributed by atoms with Crippen LogP contribution in [0.1, 0.15) is 6.23 Å². The summed E-state index contributed by atoms with van der Waals surface area (Å²) in [7, 11) is -17.6. The fraction of sp³-hybridized carbons (Fsp3) is 0.600. The van der Waals surface area contributed by atoms with Crippen LogP contribution in [0.3, 0.4) is 0 Å². The largest absolute Gasteiger partial charge is 0.490 e. The standard InChI is InChI=1S/C10H13ClF2N3O13P3/c11-3-8-5(27-31(22,23)29-32(24,25)28-30(19,20)21)9(8,18)10(12,13)6(26-8)16-2-1-4(14)15-7(16)17/h1-2,5-6,18H,3H2,(H,22,23)(H,24,25)(H2,14,15,17)(H2,19,20,21)/t5?,6-,8?,9?/m1/s1. The van der Waals surface area contributed by atoms with Crippen LogP contribution in [0.5, 0.6) is 0 Å². The fourth-order valence-electron chi connectivity index (χ4n) is 3.16. The summed E-state index contributed by atoms with van der Waals surface area (Å²) in [5.74, 6) is -5.75. The van der Waals surface area contributed by atoms with Crippen molar-refractivity contribution in [2.24, 2.45) is 0 Å². The van der Waals surface area contributed by atoms with Crippen LogP contribution in [0, 0.1) is 0 Å². The molecule has 1 aliphatic carbocycles. The molecule has 1 aromatic heterocycles. The summed E-state index contributed by atoms with van der Waals surface area (Å²) in [5, 5.41) is 10.5. The monoisotopic (exact) mass is 549 g/mol. The van der Waals surface area contributed by atoms with Gasteiger partial charge < -0.3 is 35.2 Å². The molecule has 1 saturated heterocycles. The Bertz CT molecular complexity index is 1150. The molecule has 0 bridgehead atoms. The van der Waals surface area contributed by atoms with Gasteiger partial charge in [0.15, 0.2) is 11.2 Å². The predicted octanol–water partition coefficient (Wildman–Crippen LogP) is -0.576. The molecule has 16 nitrogen and oxygen atoms in total. The van der Waals surface area contributed by atoms with Crippen molar-refractivity contribution >= 4 is 40.9 Å². The number of nitrogens with two attached hydrogens (primary N) is 1. The van der Waals surface area contributed by atoms with E-state index in [4.69, 9.17) is 36.8 Å². The molecular formula is C10H13ClF2N3O13P3. The Morgan fingerprint density at radius 3 is 2.28 bits per heavy atom. The summed E-state index contributed by atoms with van der Waals surface area (Å²) in [6, 6.07) is 0.964. The fourth-order valence-corrected chi connectivity index (χ4v) is 6.82. The zero-order valence-electron chi connectivity index (χ0n) is 15.0. The number of phosphoric acid groups is 3. The summed E-state index contributed by atoms with van der Waals surface area (Å²) in [5.41, 5.74) is -2.12. The van der Waals surface area contributed by atoms with E-state index >= 15 is 8.78 Å². The highest BCUT2D eigenvalue weighted by Gasteiger charge is 2.96. The van der Waals surface area contributed by atoms with Crippen LogP contribution in [0.4, 0.5) is 14.6 Å². The molecule has 22 heteroatoms. The second kappa shape index (κ2) is 7.58. The van der Waals surface area contributed by atoms with Crippen LogP contribution in [-0.2, 0) is 31.6 Å². The summed E-state index contributed by atoms with van der Waals surface area (Å²) >= 11 is 5.60. The van der Waals surface area contributed by atoms with Gasteiger partial charge in [-0.15, -0.1) is 11.6 Å². The first-order valence-corrected chi connectivity index (χ1v) is 12.9. The number of aliphatic hydroxyl groups is 1. The van der Waals surface area contributed by atoms with Gasteiger partial charge in [-0.3, -0.25) is 9.09 Å². The lowest BCUT2D eigenvalue weighted by atomic mass is 10.1. The van der Waals surface area contributed by atoms with E-state index in [1.54, 1.807) is 0 Å². The van der Waals surface area contributed by atoms with Crippen molar-refractivity contribution in [2.75, 3.05) is 11.6 Å². The molecule has 2 aliphatic rings. The molecule has 1 aliphatic heterocycles. The Morgan fingerprint density at radius 1 is 1.22 bits per heavy atom. The van der Waals surface area contributed by atoms with Gasteiger partial charge in [0, 0.05) is 6.20 Å². The molecule has 5 unspecified atom stereocenters. The van der Waals surface area contributed by atoms with Crippen molar-refractivity contribution in [3.8, 4) is 0 Å². The highest BCUT2D eigenvalue weighted by atomic mass is 35.5. The molecule has 1 saturated carbocycles. The van der Waals surface area contributed by atoms with E-state index < -0.39 is 64.5 Å². The van der Waals surface area contributed by atoms with Gasteiger partial charge in [-0.25, -0.2) is 18.5 Å². The van der Waals surface area contributed by atoms with Crippen LogP contribution in [0.2, 0.25) is 0 Å². The molecule has 6 atom stereocenters. The number of hydrogen-bond acceptors (Lipinski definition) is 11. The number of aromatic nitrogens is 2. The van der Waals surface area contributed by atoms with E-state index in [1.807, 2.05) is 0 Å². The zero-order valence-corrected chi connectivity index (χ0v) is 18.4. The number of hydrogen-bond donors (Lipinski definition) is 6. The Kier molecular flexibility index (Phi) is 6.11. The van der Waals surface area contributed by atoms with Crippen molar-refractivity contribution in [2.45, 2.75) is 29.5 Å². The number of phosphoric ester groups is 1. The number of nitrogen functional groups attached to an aromatic ring is 1. The van der Waals surface area contributed by atoms with Crippen molar-refractivity contribution in [3.63, 3.8) is 0 Å². The van der Waals surface area contributed by atoms with Gasteiger partial charge in [0.25, 0.3) is 0 Å². The van der Waals surface area contributed by atoms with Crippen LogP contribution in [-0.4, -0.2) is 63.3 Å². The maximum Gasteiger partial charge on any atom is 0.490 e. The molecule has 0 radical (unpaired) electrons. The molecule has 7 N–H and O–H groups in total. The summed E-state index contributed by atoms with van der Waals surface area (Å²) < 4.78 is 80.6. The van der Waals surface area contributed by atoms with Crippen LogP contribution in [0.15, 0.2) is 17.1 Å². The maximum atomic E-state index is 15.0. The third-order valence-electron chi connectivity index (χ3n) is 4.46. The van der Waals surface area contributed by atoms with Gasteiger partial charge in [-0.05, 0) is 6.07 Å². The van der Waals surface area contributed by atoms with Crippen LogP contribution in [0.25, 0.3) is 0 Å². The molecule has 2 heterocycles. The number of halogens is 3. The average molecular weight is 550 g/mol. The number of nitrogens with zero attached hydrogens (tertiary/aromatic N) is 2. The number of rotatable bonds is 8. The Labute approximate surface area is 179 Å². The first kappa shape index (κ1) is 25.8. The first-order valence-electron chi connectivity index (χ1n) is 7.83. The SMILES string of the molecule is Nc1ccn([C@@H]2OC3(CCl)C(OP(=O)(O)OP(=O)(O)OP(=O)(O)O)C3(O)C2(F)F)c(=O)n1. The smallest absolute Gasteiger partial charge is 0.383 e. The molecule has 182 valence electrons. The van der Waals surface area contributed by atoms with Gasteiger partial charge in [0.2, 0.25) is 6.23 Å². The van der Waals surface area contributed by atoms with E-state index in [1.165, 1.54) is 0 Å². The van der Waals surface area contributed by atoms with E-state index in [2.05, 4.69) is 18.1 Å². The second-order valence-electron chi connectivity index (χ2n) is 6.50. The number of alkyl halides is 3. The third-order valence-corrected chi connectivity index (χ3v) is 8.66. The minimum absolute atomic E-state index is 0.261. The second-order valence-corrected chi connectivity index (χ2v) is 11.1. The molecule has 0 spiro atoms. The minimum Gasteiger partial charge on any atom is -0.383 e. The van der Waals surface area contributed by atoms with Crippen LogP contribution >= 0.6 is 35.1 Å². The van der Waals surface area contributed by atoms with Gasteiger partial charge >= 0.3 is 35.1 Å². The Hall–Kier alpha value is -0.840. The lowest BCUT2D eigenvalue weighted by Gasteiger charge is -2.28. The minimum atomic E-state index is -5.96. The highest BCUT2D eigenvalue weighted by Crippen LogP contribution is 2.75. The lowest BCUT2D eigenvalue weighted by molar-refractivity contribution is -0.198. The molecular weight excluding hydrogens is 536 g/mol. The summed E-state index contributed by atoms with van der Waals surface area (Å²) in [6.45, 7) is 0. The van der Waals surface area contributed by atoms with Crippen molar-refractivity contribution in [1.82, 2.24) is 9.55 Å². The molecule has 1 aromatic rings. The van der Waals surface area contributed by atoms with Gasteiger partial charge in [0.05, 0.1) is 5.88 Å². The number of anilines is 1. The highest BCUT2D eigenvalue weighted by molar-refractivity contribution is 7.66. The Balaban J connectivity index is 1.88. The van der Waals surface area contributed by atoms with Gasteiger partial charge in [-0.1, -0.05) is 0 Å². The van der Waals surface area contributed by atoms with Crippen molar-refractivity contribution in [3.05, 3.63) is 22.7 Å². The van der Waals surface area contributed by atoms with E-state index in [0.717, 1.165) is 12.3 Å². The van der Waals surface area contributed by atoms with Gasteiger partial charge in [0.1, 0.15) is 11.9 Å². The van der Waals surface area contributed by atoms with Crippen LogP contribution < -0.4 is 11.4 Å². The van der Waals surface area contributed by atoms with Crippen molar-refractivity contribution < 1.29 is 65.0 Å². The molecule has 2 fully saturated rings. The zero-order chi connectivity index (χ0) is 24.5. The quantitative estimate of drug-likeness (QED) is 0.175. The maximum absolute atomic E-state index is 15.0. The summed E-state index contributed by atoms with van der Waals surface area (Å²) in [4.78, 5) is 50.8. The first-order chi connectivity index (χ1) is 14.3. The van der Waals surface area contributed by atoms with E-state index in [-0.39, 0.29) is 10.4 Å². The third kappa shape index (κ3) is 4.09. The number of ether oxygens (including phenoxy) is 1. The summed E-state index contributed by atoms with van der Waals surface area (Å²) in [6.07, 6.45) is -4.22.